The van der Waals surface area contributed by atoms with Gasteiger partial charge in [-0.2, -0.15) is 0 Å². The van der Waals surface area contributed by atoms with Crippen molar-refractivity contribution in [2.75, 3.05) is 40.4 Å². The van der Waals surface area contributed by atoms with Gasteiger partial charge < -0.3 is 19.1 Å². The summed E-state index contributed by atoms with van der Waals surface area (Å²) in [5, 5.41) is 10.6. The molecule has 0 saturated carbocycles. The molecule has 2 aromatic carbocycles. The van der Waals surface area contributed by atoms with Crippen LogP contribution in [0.25, 0.3) is 0 Å². The van der Waals surface area contributed by atoms with Crippen LogP contribution >= 0.6 is 0 Å². The molecule has 6 heteroatoms. The number of phenolic OH excluding ortho intramolecular Hbond substituents is 1. The van der Waals surface area contributed by atoms with E-state index >= 15 is 0 Å². The average Bonchev–Trinajstić information content (AvgIpc) is 2.94. The van der Waals surface area contributed by atoms with E-state index in [9.17, 15) is 14.7 Å². The summed E-state index contributed by atoms with van der Waals surface area (Å²) in [6.07, 6.45) is 15.3. The molecule has 3 rings (SSSR count). The Hall–Kier alpha value is -2.86. The Labute approximate surface area is 247 Å². The van der Waals surface area contributed by atoms with Crippen molar-refractivity contribution in [1.29, 1.82) is 0 Å². The monoisotopic (exact) mass is 566 g/mol. The fourth-order valence-electron chi connectivity index (χ4n) is 5.95. The van der Waals surface area contributed by atoms with Gasteiger partial charge in [0.05, 0.1) is 38.4 Å². The third-order valence-corrected chi connectivity index (χ3v) is 8.51. The Kier molecular flexibility index (Phi) is 12.7. The van der Waals surface area contributed by atoms with Crippen molar-refractivity contribution >= 4 is 11.6 Å². The summed E-state index contributed by atoms with van der Waals surface area (Å²) in [5.74, 6) is -0.185. The second kappa shape index (κ2) is 16.0. The molecule has 226 valence electrons. The van der Waals surface area contributed by atoms with Crippen LogP contribution in [0.3, 0.4) is 0 Å². The zero-order chi connectivity index (χ0) is 29.8. The lowest BCUT2D eigenvalue weighted by Crippen LogP contribution is -2.48. The number of ketones is 2. The molecule has 0 heterocycles. The summed E-state index contributed by atoms with van der Waals surface area (Å²) in [4.78, 5) is 27.1. The number of carbonyl (C=O) groups is 2. The van der Waals surface area contributed by atoms with Crippen LogP contribution in [-0.2, 0) is 0 Å². The lowest BCUT2D eigenvalue weighted by Gasteiger charge is -2.35. The van der Waals surface area contributed by atoms with E-state index in [0.29, 0.717) is 23.7 Å². The number of hydrogen-bond donors (Lipinski definition) is 1. The van der Waals surface area contributed by atoms with E-state index in [-0.39, 0.29) is 34.0 Å². The molecule has 0 saturated heterocycles. The topological polar surface area (TPSA) is 72.8 Å². The van der Waals surface area contributed by atoms with Crippen molar-refractivity contribution in [2.45, 2.75) is 97.8 Å². The molecule has 0 aromatic heterocycles. The molecule has 0 unspecified atom stereocenters. The Morgan fingerprint density at radius 2 is 1.27 bits per heavy atom. The van der Waals surface area contributed by atoms with Crippen molar-refractivity contribution in [3.63, 3.8) is 0 Å². The van der Waals surface area contributed by atoms with Gasteiger partial charge in [0.15, 0.2) is 5.78 Å². The number of hydrogen-bond acceptors (Lipinski definition) is 5. The van der Waals surface area contributed by atoms with Crippen LogP contribution in [0.2, 0.25) is 0 Å². The van der Waals surface area contributed by atoms with E-state index < -0.39 is 0 Å². The fraction of sp³-hybridized carbons (Fsp3) is 0.600. The van der Waals surface area contributed by atoms with Crippen LogP contribution in [0.1, 0.15) is 128 Å². The van der Waals surface area contributed by atoms with E-state index in [0.717, 1.165) is 29.7 Å². The Morgan fingerprint density at radius 3 is 1.85 bits per heavy atom. The fourth-order valence-corrected chi connectivity index (χ4v) is 5.95. The van der Waals surface area contributed by atoms with E-state index in [2.05, 4.69) is 20.9 Å². The summed E-state index contributed by atoms with van der Waals surface area (Å²) in [6, 6.07) is 6.46. The van der Waals surface area contributed by atoms with Crippen LogP contribution < -0.4 is 9.47 Å². The average molecular weight is 567 g/mol. The molecule has 0 atom stereocenters. The third-order valence-electron chi connectivity index (χ3n) is 8.51. The first-order chi connectivity index (χ1) is 19.7. The number of nitrogens with zero attached hydrogens (tertiary/aromatic N) is 1. The number of aromatic hydroxyl groups is 1. The number of likely N-dealkylation sites (N-methyl/N-ethyl adjacent to an activating group) is 1. The lowest BCUT2D eigenvalue weighted by atomic mass is 9.82. The maximum Gasteiger partial charge on any atom is 0.201 e. The second-order valence-electron chi connectivity index (χ2n) is 12.1. The number of rotatable bonds is 19. The smallest absolute Gasteiger partial charge is 0.201 e. The van der Waals surface area contributed by atoms with Gasteiger partial charge in [0.2, 0.25) is 5.78 Å². The Bertz CT molecular complexity index is 1160. The number of aryl methyl sites for hydroxylation is 1. The summed E-state index contributed by atoms with van der Waals surface area (Å²) in [6.45, 7) is 9.95. The molecule has 0 radical (unpaired) electrons. The highest BCUT2D eigenvalue weighted by molar-refractivity contribution is 6.30. The SMILES string of the molecule is CCCCCCCC[N+](C)(CCCCCCCC)CCOc1cc(C)cc2c1C(=O)c1c(O)cc(OC)cc1C2=O. The molecule has 0 spiro atoms. The standard InChI is InChI=1S/C35H51NO5/c1-6-8-10-12-14-16-18-36(4,19-17-15-13-11-9-7-2)20-21-41-31-23-26(3)22-28-33(31)35(39)32-29(34(28)38)24-27(40-5)25-30(32)37/h22-25H,6-21H2,1-5H3/p+1. The van der Waals surface area contributed by atoms with Crippen LogP contribution in [-0.4, -0.2) is 61.6 Å². The van der Waals surface area contributed by atoms with Gasteiger partial charge in [0.25, 0.3) is 0 Å². The zero-order valence-electron chi connectivity index (χ0n) is 26.2. The minimum Gasteiger partial charge on any atom is -0.507 e. The van der Waals surface area contributed by atoms with E-state index in [1.54, 1.807) is 6.07 Å². The summed E-state index contributed by atoms with van der Waals surface area (Å²) >= 11 is 0. The number of quaternary nitrogens is 1. The molecule has 0 aliphatic heterocycles. The molecule has 41 heavy (non-hydrogen) atoms. The maximum atomic E-state index is 13.6. The Balaban J connectivity index is 1.72. The van der Waals surface area contributed by atoms with E-state index in [1.807, 2.05) is 13.0 Å². The number of carbonyl (C=O) groups excluding carboxylic acids is 2. The second-order valence-corrected chi connectivity index (χ2v) is 12.1. The van der Waals surface area contributed by atoms with Crippen LogP contribution in [0, 0.1) is 6.92 Å². The van der Waals surface area contributed by atoms with Crippen molar-refractivity contribution in [2.24, 2.45) is 0 Å². The van der Waals surface area contributed by atoms with Crippen molar-refractivity contribution < 1.29 is 28.7 Å². The zero-order valence-corrected chi connectivity index (χ0v) is 26.2. The quantitative estimate of drug-likeness (QED) is 0.117. The number of fused-ring (bicyclic) bond motifs is 2. The third kappa shape index (κ3) is 8.81. The van der Waals surface area contributed by atoms with Gasteiger partial charge in [-0.05, 0) is 56.4 Å². The van der Waals surface area contributed by atoms with E-state index in [1.165, 1.54) is 96.3 Å². The molecule has 6 nitrogen and oxygen atoms in total. The molecule has 1 aliphatic rings. The van der Waals surface area contributed by atoms with Crippen LogP contribution in [0.4, 0.5) is 0 Å². The predicted molar refractivity (Wildman–Crippen MR) is 166 cm³/mol. The van der Waals surface area contributed by atoms with Gasteiger partial charge in [-0.3, -0.25) is 9.59 Å². The molecule has 1 N–H and O–H groups in total. The molecular formula is C35H52NO5+. The summed E-state index contributed by atoms with van der Waals surface area (Å²) < 4.78 is 12.5. The number of methoxy groups -OCH3 is 1. The molecule has 2 aromatic rings. The first-order valence-corrected chi connectivity index (χ1v) is 15.9. The minimum atomic E-state index is -0.388. The van der Waals surface area contributed by atoms with Crippen molar-refractivity contribution in [3.8, 4) is 17.2 Å². The van der Waals surface area contributed by atoms with Crippen LogP contribution in [0.15, 0.2) is 24.3 Å². The summed E-state index contributed by atoms with van der Waals surface area (Å²) in [5.41, 5.74) is 1.60. The highest BCUT2D eigenvalue weighted by Gasteiger charge is 2.36. The number of benzene rings is 2. The molecule has 0 fully saturated rings. The van der Waals surface area contributed by atoms with Crippen molar-refractivity contribution in [3.05, 3.63) is 52.1 Å². The normalized spacial score (nSPS) is 12.8. The highest BCUT2D eigenvalue weighted by atomic mass is 16.5. The molecular weight excluding hydrogens is 514 g/mol. The minimum absolute atomic E-state index is 0.0174. The molecule has 0 amide bonds. The largest absolute Gasteiger partial charge is 0.507 e. The number of ether oxygens (including phenoxy) is 2. The summed E-state index contributed by atoms with van der Waals surface area (Å²) in [7, 11) is 3.80. The lowest BCUT2D eigenvalue weighted by molar-refractivity contribution is -0.910. The molecule has 0 bridgehead atoms. The number of phenols is 1. The molecule has 1 aliphatic carbocycles. The first-order valence-electron chi connectivity index (χ1n) is 15.9. The van der Waals surface area contributed by atoms with Crippen molar-refractivity contribution in [1.82, 2.24) is 0 Å². The highest BCUT2D eigenvalue weighted by Crippen LogP contribution is 2.39. The van der Waals surface area contributed by atoms with Gasteiger partial charge >= 0.3 is 0 Å². The van der Waals surface area contributed by atoms with Gasteiger partial charge in [-0.25, -0.2) is 0 Å². The van der Waals surface area contributed by atoms with Gasteiger partial charge in [0.1, 0.15) is 30.4 Å². The predicted octanol–water partition coefficient (Wildman–Crippen LogP) is 8.03. The Morgan fingerprint density at radius 1 is 0.707 bits per heavy atom. The van der Waals surface area contributed by atoms with Crippen LogP contribution in [0.5, 0.6) is 17.2 Å². The maximum absolute atomic E-state index is 13.6. The van der Waals surface area contributed by atoms with Gasteiger partial charge in [0, 0.05) is 17.2 Å². The first kappa shape index (κ1) is 32.7. The van der Waals surface area contributed by atoms with Gasteiger partial charge in [-0.1, -0.05) is 65.2 Å². The number of unbranched alkanes of at least 4 members (excludes halogenated alkanes) is 10. The van der Waals surface area contributed by atoms with E-state index in [4.69, 9.17) is 9.47 Å². The van der Waals surface area contributed by atoms with Gasteiger partial charge in [-0.15, -0.1) is 0 Å².